The van der Waals surface area contributed by atoms with Gasteiger partial charge in [-0.15, -0.1) is 0 Å². The lowest BCUT2D eigenvalue weighted by molar-refractivity contribution is -0.119. The maximum absolute atomic E-state index is 12.7. The highest BCUT2D eigenvalue weighted by molar-refractivity contribution is 9.11. The monoisotopic (exact) mass is 633 g/mol. The summed E-state index contributed by atoms with van der Waals surface area (Å²) in [5, 5.41) is 44.2. The van der Waals surface area contributed by atoms with Crippen molar-refractivity contribution in [3.8, 4) is 0 Å². The molecule has 7 N–H and O–H groups in total. The van der Waals surface area contributed by atoms with Crippen LogP contribution in [-0.2, 0) is 9.53 Å². The zero-order chi connectivity index (χ0) is 23.7. The number of aliphatic hydroxyl groups is 4. The number of nitrogens with one attached hydrogen (secondary N) is 3. The number of benzene rings is 1. The molecule has 0 aliphatic heterocycles. The topological polar surface area (TPSA) is 177 Å². The van der Waals surface area contributed by atoms with Crippen LogP contribution in [0.3, 0.4) is 0 Å². The molecule has 174 valence electrons. The van der Waals surface area contributed by atoms with E-state index < -0.39 is 43.1 Å². The number of rotatable bonds is 11. The van der Waals surface area contributed by atoms with Crippen LogP contribution >= 0.6 is 47.8 Å². The van der Waals surface area contributed by atoms with E-state index in [0.29, 0.717) is 0 Å². The van der Waals surface area contributed by atoms with Crippen molar-refractivity contribution < 1.29 is 39.5 Å². The summed E-state index contributed by atoms with van der Waals surface area (Å²) in [5.74, 6) is -1.99. The maximum atomic E-state index is 12.7. The molecule has 0 aliphatic rings. The van der Waals surface area contributed by atoms with Crippen molar-refractivity contribution in [2.24, 2.45) is 0 Å². The van der Waals surface area contributed by atoms with Gasteiger partial charge in [-0.1, -0.05) is 0 Å². The van der Waals surface area contributed by atoms with Crippen molar-refractivity contribution in [2.45, 2.75) is 12.2 Å². The van der Waals surface area contributed by atoms with Gasteiger partial charge in [-0.2, -0.15) is 0 Å². The van der Waals surface area contributed by atoms with Crippen LogP contribution in [0.15, 0.2) is 13.4 Å². The third-order valence-electron chi connectivity index (χ3n) is 3.73. The molecule has 2 atom stereocenters. The van der Waals surface area contributed by atoms with Crippen molar-refractivity contribution in [3.05, 3.63) is 24.5 Å². The minimum atomic E-state index is -1.19. The van der Waals surface area contributed by atoms with Crippen molar-refractivity contribution in [1.29, 1.82) is 0 Å². The van der Waals surface area contributed by atoms with Crippen molar-refractivity contribution in [2.75, 3.05) is 45.3 Å². The molecule has 0 radical (unpaired) electrons. The number of ether oxygens (including phenoxy) is 1. The quantitative estimate of drug-likeness (QED) is 0.174. The van der Waals surface area contributed by atoms with E-state index in [2.05, 4.69) is 63.7 Å². The number of anilines is 1. The van der Waals surface area contributed by atoms with Crippen LogP contribution in [0.4, 0.5) is 5.69 Å². The molecule has 0 aromatic heterocycles. The number of hydrogen-bond donors (Lipinski definition) is 7. The molecular weight excluding hydrogens is 614 g/mol. The lowest BCUT2D eigenvalue weighted by Gasteiger charge is -2.20. The van der Waals surface area contributed by atoms with E-state index in [1.165, 1.54) is 7.11 Å². The summed E-state index contributed by atoms with van der Waals surface area (Å²) in [6.45, 7) is -1.95. The average Bonchev–Trinajstić information content (AvgIpc) is 2.73. The van der Waals surface area contributed by atoms with Crippen LogP contribution in [-0.4, -0.2) is 90.4 Å². The molecule has 31 heavy (non-hydrogen) atoms. The second-order valence-corrected chi connectivity index (χ2v) is 8.52. The molecular formula is C17H22Br3N3O8. The fraction of sp³-hybridized carbons (Fsp3) is 0.471. The van der Waals surface area contributed by atoms with Crippen LogP contribution in [0, 0.1) is 0 Å². The van der Waals surface area contributed by atoms with Gasteiger partial charge >= 0.3 is 0 Å². The molecule has 0 heterocycles. The number of carbonyl (C=O) groups excluding carboxylic acids is 3. The Labute approximate surface area is 202 Å². The molecule has 1 aromatic carbocycles. The zero-order valence-corrected chi connectivity index (χ0v) is 21.0. The van der Waals surface area contributed by atoms with E-state index in [9.17, 15) is 24.6 Å². The minimum Gasteiger partial charge on any atom is -0.394 e. The molecule has 0 fully saturated rings. The third-order valence-corrected chi connectivity index (χ3v) is 6.11. The molecule has 1 rings (SSSR count). The Morgan fingerprint density at radius 1 is 0.871 bits per heavy atom. The second-order valence-electron chi connectivity index (χ2n) is 6.14. The summed E-state index contributed by atoms with van der Waals surface area (Å²) in [6.07, 6.45) is -2.39. The Morgan fingerprint density at radius 3 is 1.65 bits per heavy atom. The normalized spacial score (nSPS) is 12.8. The number of halogens is 3. The lowest BCUT2D eigenvalue weighted by atomic mass is 10.1. The van der Waals surface area contributed by atoms with Gasteiger partial charge in [0.15, 0.2) is 0 Å². The Morgan fingerprint density at radius 2 is 1.29 bits per heavy atom. The van der Waals surface area contributed by atoms with Crippen LogP contribution in [0.5, 0.6) is 0 Å². The molecule has 0 saturated carbocycles. The Bertz CT molecular complexity index is 771. The van der Waals surface area contributed by atoms with Gasteiger partial charge in [0.2, 0.25) is 5.91 Å². The Hall–Kier alpha value is -1.13. The third kappa shape index (κ3) is 7.75. The zero-order valence-electron chi connectivity index (χ0n) is 16.2. The first-order valence-corrected chi connectivity index (χ1v) is 11.1. The molecule has 11 nitrogen and oxygen atoms in total. The summed E-state index contributed by atoms with van der Waals surface area (Å²) >= 11 is 9.72. The van der Waals surface area contributed by atoms with Crippen LogP contribution in [0.2, 0.25) is 0 Å². The van der Waals surface area contributed by atoms with Crippen LogP contribution < -0.4 is 16.0 Å². The van der Waals surface area contributed by atoms with Crippen molar-refractivity contribution >= 4 is 71.2 Å². The maximum Gasteiger partial charge on any atom is 0.253 e. The minimum absolute atomic E-state index is 0.0444. The molecule has 1 aromatic rings. The second kappa shape index (κ2) is 13.4. The van der Waals surface area contributed by atoms with E-state index >= 15 is 0 Å². The molecule has 0 spiro atoms. The molecule has 3 amide bonds. The van der Waals surface area contributed by atoms with Crippen LogP contribution in [0.1, 0.15) is 20.7 Å². The predicted molar refractivity (Wildman–Crippen MR) is 121 cm³/mol. The Balaban J connectivity index is 3.48. The van der Waals surface area contributed by atoms with Crippen molar-refractivity contribution in [3.63, 3.8) is 0 Å². The van der Waals surface area contributed by atoms with Gasteiger partial charge < -0.3 is 41.1 Å². The predicted octanol–water partition coefficient (Wildman–Crippen LogP) is -0.275. The van der Waals surface area contributed by atoms with Gasteiger partial charge in [0.05, 0.1) is 51.2 Å². The van der Waals surface area contributed by atoms with Gasteiger partial charge in [0.25, 0.3) is 11.8 Å². The van der Waals surface area contributed by atoms with Gasteiger partial charge in [0, 0.05) is 24.7 Å². The molecule has 14 heteroatoms. The molecule has 2 unspecified atom stereocenters. The fourth-order valence-corrected chi connectivity index (χ4v) is 5.11. The first-order valence-electron chi connectivity index (χ1n) is 8.72. The largest absolute Gasteiger partial charge is 0.394 e. The number of methoxy groups -OCH3 is 1. The summed E-state index contributed by atoms with van der Waals surface area (Å²) in [5.41, 5.74) is -0.0891. The van der Waals surface area contributed by atoms with Crippen molar-refractivity contribution in [1.82, 2.24) is 10.6 Å². The number of carbonyl (C=O) groups is 3. The summed E-state index contributed by atoms with van der Waals surface area (Å²) < 4.78 is 5.07. The van der Waals surface area contributed by atoms with E-state index in [1.807, 2.05) is 0 Å². The average molecular weight is 636 g/mol. The van der Waals surface area contributed by atoms with E-state index in [1.54, 1.807) is 0 Å². The number of hydrogen-bond acceptors (Lipinski definition) is 8. The SMILES string of the molecule is COCC(=O)Nc1c(Br)c(C(=O)NCC(O)CO)c(Br)c(C(=O)NCC(O)CO)c1Br. The number of aliphatic hydroxyl groups excluding tert-OH is 4. The van der Waals surface area contributed by atoms with E-state index in [0.717, 1.165) is 0 Å². The van der Waals surface area contributed by atoms with Gasteiger partial charge in [-0.05, 0) is 47.8 Å². The first kappa shape index (κ1) is 27.9. The van der Waals surface area contributed by atoms with Gasteiger partial charge in [-0.25, -0.2) is 0 Å². The first-order chi connectivity index (χ1) is 14.6. The lowest BCUT2D eigenvalue weighted by Crippen LogP contribution is -2.36. The van der Waals surface area contributed by atoms with Crippen LogP contribution in [0.25, 0.3) is 0 Å². The molecule has 0 saturated heterocycles. The summed E-state index contributed by atoms with van der Waals surface area (Å²) in [6, 6.07) is 0. The molecule has 0 aliphatic carbocycles. The van der Waals surface area contributed by atoms with E-state index in [-0.39, 0.29) is 49.9 Å². The molecule has 0 bridgehead atoms. The van der Waals surface area contributed by atoms with E-state index in [4.69, 9.17) is 14.9 Å². The number of amides is 3. The summed E-state index contributed by atoms with van der Waals surface area (Å²) in [4.78, 5) is 37.6. The highest BCUT2D eigenvalue weighted by Gasteiger charge is 2.29. The fourth-order valence-electron chi connectivity index (χ4n) is 2.21. The van der Waals surface area contributed by atoms with Gasteiger partial charge in [-0.3, -0.25) is 14.4 Å². The highest BCUT2D eigenvalue weighted by Crippen LogP contribution is 2.42. The van der Waals surface area contributed by atoms with Gasteiger partial charge in [0.1, 0.15) is 6.61 Å². The Kier molecular flexibility index (Phi) is 12.1. The smallest absolute Gasteiger partial charge is 0.253 e. The highest BCUT2D eigenvalue weighted by atomic mass is 79.9. The summed E-state index contributed by atoms with van der Waals surface area (Å²) in [7, 11) is 1.32. The standard InChI is InChI=1S/C17H22Br3N3O8/c1-31-6-9(28)23-15-13(19)10(16(29)21-2-7(26)4-24)12(18)11(14(15)20)17(30)22-3-8(27)5-25/h7-8,24-27H,2-6H2,1H3,(H,21,29)(H,22,30)(H,23,28).